The van der Waals surface area contributed by atoms with E-state index in [2.05, 4.69) is 10.3 Å². The normalized spacial score (nSPS) is 19.6. The number of nitrogens with one attached hydrogen (secondary N) is 1. The number of benzene rings is 1. The molecule has 1 fully saturated rings. The zero-order chi connectivity index (χ0) is 18.8. The van der Waals surface area contributed by atoms with Crippen molar-refractivity contribution in [1.29, 1.82) is 0 Å². The van der Waals surface area contributed by atoms with Crippen molar-refractivity contribution >= 4 is 29.7 Å². The molecule has 1 aromatic carbocycles. The SMILES string of the molecule is CN1C(=O)C2C(=NC(NCCc3ccccc3)=[N+]2CC(=O)O)N(C)C1=O. The second-order valence-electron chi connectivity index (χ2n) is 6.12. The fourth-order valence-electron chi connectivity index (χ4n) is 3.01. The Morgan fingerprint density at radius 1 is 1.23 bits per heavy atom. The molecule has 0 aromatic heterocycles. The Bertz CT molecular complexity index is 818. The van der Waals surface area contributed by atoms with Crippen molar-refractivity contribution in [1.82, 2.24) is 15.1 Å². The number of rotatable bonds is 5. The highest BCUT2D eigenvalue weighted by Crippen LogP contribution is 2.18. The van der Waals surface area contributed by atoms with Crippen molar-refractivity contribution in [2.45, 2.75) is 12.5 Å². The van der Waals surface area contributed by atoms with Gasteiger partial charge in [0.1, 0.15) is 0 Å². The summed E-state index contributed by atoms with van der Waals surface area (Å²) in [5.74, 6) is -1.06. The number of carboxylic acid groups (broad SMARTS) is 1. The maximum atomic E-state index is 12.5. The van der Waals surface area contributed by atoms with Gasteiger partial charge in [0.25, 0.3) is 5.91 Å². The molecule has 26 heavy (non-hydrogen) atoms. The first-order chi connectivity index (χ1) is 12.4. The number of nitrogens with zero attached hydrogens (tertiary/aromatic N) is 4. The van der Waals surface area contributed by atoms with Gasteiger partial charge in [-0.15, -0.1) is 0 Å². The summed E-state index contributed by atoms with van der Waals surface area (Å²) in [5, 5.41) is 12.3. The van der Waals surface area contributed by atoms with Gasteiger partial charge >= 0.3 is 18.0 Å². The fourth-order valence-corrected chi connectivity index (χ4v) is 3.01. The Labute approximate surface area is 150 Å². The van der Waals surface area contributed by atoms with E-state index in [0.29, 0.717) is 13.0 Å². The van der Waals surface area contributed by atoms with Gasteiger partial charge in [0, 0.05) is 20.5 Å². The van der Waals surface area contributed by atoms with E-state index in [0.717, 1.165) is 10.5 Å². The lowest BCUT2D eigenvalue weighted by Gasteiger charge is -2.31. The van der Waals surface area contributed by atoms with E-state index in [9.17, 15) is 19.5 Å². The van der Waals surface area contributed by atoms with Crippen LogP contribution in [0.15, 0.2) is 35.3 Å². The number of imide groups is 1. The third-order valence-corrected chi connectivity index (χ3v) is 4.38. The van der Waals surface area contributed by atoms with E-state index in [1.54, 1.807) is 0 Å². The number of likely N-dealkylation sites (N-methyl/N-ethyl adjacent to an activating group) is 2. The van der Waals surface area contributed by atoms with Crippen molar-refractivity contribution in [2.75, 3.05) is 27.2 Å². The minimum atomic E-state index is -1.08. The van der Waals surface area contributed by atoms with Gasteiger partial charge < -0.3 is 5.11 Å². The Balaban J connectivity index is 1.83. The van der Waals surface area contributed by atoms with Crippen molar-refractivity contribution in [3.63, 3.8) is 0 Å². The molecule has 0 bridgehead atoms. The van der Waals surface area contributed by atoms with E-state index in [1.807, 2.05) is 30.3 Å². The largest absolute Gasteiger partial charge is 0.479 e. The molecule has 3 amide bonds. The first kappa shape index (κ1) is 17.6. The van der Waals surface area contributed by atoms with Gasteiger partial charge in [-0.1, -0.05) is 35.3 Å². The summed E-state index contributed by atoms with van der Waals surface area (Å²) in [5.41, 5.74) is 1.12. The minimum Gasteiger partial charge on any atom is -0.479 e. The molecular weight excluding hydrogens is 338 g/mol. The van der Waals surface area contributed by atoms with E-state index in [1.165, 1.54) is 23.6 Å². The zero-order valence-electron chi connectivity index (χ0n) is 14.5. The lowest BCUT2D eigenvalue weighted by atomic mass is 10.1. The molecule has 136 valence electrons. The first-order valence-electron chi connectivity index (χ1n) is 8.17. The number of aliphatic carboxylic acids is 1. The molecule has 0 saturated carbocycles. The maximum absolute atomic E-state index is 12.5. The number of urea groups is 1. The third kappa shape index (κ3) is 3.15. The van der Waals surface area contributed by atoms with Crippen molar-refractivity contribution in [3.8, 4) is 0 Å². The molecule has 2 aliphatic heterocycles. The van der Waals surface area contributed by atoms with Gasteiger partial charge in [-0.2, -0.15) is 0 Å². The topological polar surface area (TPSA) is 105 Å². The van der Waals surface area contributed by atoms with E-state index in [-0.39, 0.29) is 11.8 Å². The fraction of sp³-hybridized carbons (Fsp3) is 0.353. The highest BCUT2D eigenvalue weighted by atomic mass is 16.4. The van der Waals surface area contributed by atoms with Crippen LogP contribution < -0.4 is 5.32 Å². The van der Waals surface area contributed by atoms with Gasteiger partial charge in [-0.3, -0.25) is 19.9 Å². The van der Waals surface area contributed by atoms with Gasteiger partial charge in [0.15, 0.2) is 6.54 Å². The molecule has 2 aliphatic rings. The highest BCUT2D eigenvalue weighted by molar-refractivity contribution is 6.22. The summed E-state index contributed by atoms with van der Waals surface area (Å²) in [4.78, 5) is 42.5. The van der Waals surface area contributed by atoms with Crippen LogP contribution in [0, 0.1) is 0 Å². The number of carboxylic acids is 1. The monoisotopic (exact) mass is 358 g/mol. The molecule has 0 radical (unpaired) electrons. The molecule has 0 spiro atoms. The number of hydrogen-bond acceptors (Lipinski definition) is 5. The van der Waals surface area contributed by atoms with Crippen LogP contribution in [0.3, 0.4) is 0 Å². The molecular formula is C17H20N5O4+. The predicted molar refractivity (Wildman–Crippen MR) is 93.1 cm³/mol. The van der Waals surface area contributed by atoms with E-state index < -0.39 is 30.5 Å². The third-order valence-electron chi connectivity index (χ3n) is 4.38. The van der Waals surface area contributed by atoms with Gasteiger partial charge in [0.2, 0.25) is 11.9 Å². The summed E-state index contributed by atoms with van der Waals surface area (Å²) in [6.07, 6.45) is 0.712. The number of amidine groups is 1. The quantitative estimate of drug-likeness (QED) is 0.696. The Hall–Kier alpha value is -3.23. The van der Waals surface area contributed by atoms with Gasteiger partial charge in [-0.05, 0) is 5.56 Å². The van der Waals surface area contributed by atoms with Crippen LogP contribution in [0.5, 0.6) is 0 Å². The summed E-state index contributed by atoms with van der Waals surface area (Å²) in [6, 6.07) is 8.39. The average molecular weight is 358 g/mol. The second kappa shape index (κ2) is 6.95. The summed E-state index contributed by atoms with van der Waals surface area (Å²) in [6.45, 7) is 0.119. The number of carbonyl (C=O) groups is 3. The smallest absolute Gasteiger partial charge is 0.390 e. The number of carbonyl (C=O) groups excluding carboxylic acids is 2. The van der Waals surface area contributed by atoms with Crippen LogP contribution in [-0.2, 0) is 16.0 Å². The zero-order valence-corrected chi connectivity index (χ0v) is 14.5. The lowest BCUT2D eigenvalue weighted by molar-refractivity contribution is -0.527. The molecule has 1 aromatic rings. The molecule has 3 rings (SSSR count). The van der Waals surface area contributed by atoms with Gasteiger partial charge in [-0.25, -0.2) is 14.2 Å². The van der Waals surface area contributed by atoms with E-state index in [4.69, 9.17) is 0 Å². The number of aliphatic imine (C=N–C) groups is 1. The van der Waals surface area contributed by atoms with Crippen molar-refractivity contribution in [3.05, 3.63) is 35.9 Å². The van der Waals surface area contributed by atoms with Crippen LogP contribution in [-0.4, -0.2) is 82.4 Å². The van der Waals surface area contributed by atoms with Crippen molar-refractivity contribution in [2.24, 2.45) is 4.99 Å². The minimum absolute atomic E-state index is 0.238. The maximum Gasteiger partial charge on any atom is 0.390 e. The predicted octanol–water partition coefficient (Wildman–Crippen LogP) is -0.424. The first-order valence-corrected chi connectivity index (χ1v) is 8.17. The number of guanidine groups is 1. The second-order valence-corrected chi connectivity index (χ2v) is 6.12. The molecule has 1 saturated heterocycles. The van der Waals surface area contributed by atoms with Crippen LogP contribution in [0.4, 0.5) is 4.79 Å². The van der Waals surface area contributed by atoms with Crippen LogP contribution in [0.25, 0.3) is 0 Å². The Morgan fingerprint density at radius 2 is 1.92 bits per heavy atom. The molecule has 0 aliphatic carbocycles. The molecule has 2 heterocycles. The molecule has 1 unspecified atom stereocenters. The number of fused-ring (bicyclic) bond motifs is 1. The molecule has 9 heteroatoms. The number of hydrogen-bond donors (Lipinski definition) is 2. The van der Waals surface area contributed by atoms with Crippen molar-refractivity contribution < 1.29 is 24.1 Å². The Morgan fingerprint density at radius 3 is 2.58 bits per heavy atom. The molecule has 2 N–H and O–H groups in total. The summed E-state index contributed by atoms with van der Waals surface area (Å²) in [7, 11) is 2.89. The standard InChI is InChI=1S/C17H19N5O4/c1-20-14-13(15(25)21(2)17(20)26)22(10-12(23)24)16(19-14)18-9-8-11-6-4-3-5-7-11/h3-7,13H,8-10H2,1-2H3,(H,23,24)/p+1. The summed E-state index contributed by atoms with van der Waals surface area (Å²) < 4.78 is 1.38. The number of amides is 3. The molecule has 9 nitrogen and oxygen atoms in total. The van der Waals surface area contributed by atoms with Crippen LogP contribution in [0.1, 0.15) is 5.56 Å². The van der Waals surface area contributed by atoms with Crippen LogP contribution in [0.2, 0.25) is 0 Å². The summed E-state index contributed by atoms with van der Waals surface area (Å²) >= 11 is 0. The lowest BCUT2D eigenvalue weighted by Crippen LogP contribution is -2.62. The van der Waals surface area contributed by atoms with Gasteiger partial charge in [0.05, 0.1) is 6.54 Å². The Kier molecular flexibility index (Phi) is 4.70. The van der Waals surface area contributed by atoms with Crippen LogP contribution >= 0.6 is 0 Å². The van der Waals surface area contributed by atoms with E-state index >= 15 is 0 Å². The average Bonchev–Trinajstić information content (AvgIpc) is 2.97. The molecule has 1 atom stereocenters. The highest BCUT2D eigenvalue weighted by Gasteiger charge is 2.51.